The molecule has 1 aliphatic heterocycles. The number of Topliss-reactive ketones (excluding diaryl/α,β-unsaturated/α-hetero) is 1. The molecule has 2 aromatic carbocycles. The summed E-state index contributed by atoms with van der Waals surface area (Å²) >= 11 is 12.5. The lowest BCUT2D eigenvalue weighted by Crippen LogP contribution is -2.54. The molecule has 38 heavy (non-hydrogen) atoms. The molecule has 3 heterocycles. The lowest BCUT2D eigenvalue weighted by molar-refractivity contribution is -0.142. The summed E-state index contributed by atoms with van der Waals surface area (Å²) in [6.07, 6.45) is -0.0564. The van der Waals surface area contributed by atoms with Crippen LogP contribution in [0, 0.1) is 5.82 Å². The highest BCUT2D eigenvalue weighted by molar-refractivity contribution is 7.78. The Labute approximate surface area is 234 Å². The molecule has 194 valence electrons. The maximum atomic E-state index is 13.9. The molecule has 9 heteroatoms. The van der Waals surface area contributed by atoms with Crippen molar-refractivity contribution in [2.24, 2.45) is 0 Å². The number of amides is 1. The number of thiol groups is 1. The summed E-state index contributed by atoms with van der Waals surface area (Å²) in [4.78, 5) is 32.2. The number of carbonyl (C=O) groups excluding carboxylic acids is 2. The van der Waals surface area contributed by atoms with Crippen molar-refractivity contribution in [2.75, 3.05) is 0 Å². The Morgan fingerprint density at radius 3 is 2.63 bits per heavy atom. The van der Waals surface area contributed by atoms with E-state index in [1.54, 1.807) is 48.5 Å². The Hall–Kier alpha value is -3.20. The van der Waals surface area contributed by atoms with Gasteiger partial charge in [-0.1, -0.05) is 62.5 Å². The van der Waals surface area contributed by atoms with E-state index in [4.69, 9.17) is 21.3 Å². The first-order chi connectivity index (χ1) is 18.2. The van der Waals surface area contributed by atoms with Gasteiger partial charge < -0.3 is 4.74 Å². The van der Waals surface area contributed by atoms with E-state index in [0.717, 1.165) is 0 Å². The number of hydrogen-bond acceptors (Lipinski definition) is 6. The zero-order chi connectivity index (χ0) is 27.0. The minimum Gasteiger partial charge on any atom is -0.439 e. The van der Waals surface area contributed by atoms with Crippen LogP contribution in [-0.2, 0) is 15.1 Å². The van der Waals surface area contributed by atoms with Gasteiger partial charge in [-0.15, -0.1) is 0 Å². The number of carbonyl (C=O) groups is 2. The van der Waals surface area contributed by atoms with E-state index < -0.39 is 17.4 Å². The summed E-state index contributed by atoms with van der Waals surface area (Å²) in [5.74, 6) is -1.44. The summed E-state index contributed by atoms with van der Waals surface area (Å²) in [7, 11) is 0. The van der Waals surface area contributed by atoms with Gasteiger partial charge in [-0.05, 0) is 64.2 Å². The molecule has 1 unspecified atom stereocenters. The summed E-state index contributed by atoms with van der Waals surface area (Å²) in [6.45, 7) is 3.90. The summed E-state index contributed by atoms with van der Waals surface area (Å²) < 4.78 is 21.3. The zero-order valence-corrected chi connectivity index (χ0v) is 23.1. The van der Waals surface area contributed by atoms with Crippen molar-refractivity contribution in [3.63, 3.8) is 0 Å². The van der Waals surface area contributed by atoms with Crippen LogP contribution in [0.1, 0.15) is 54.5 Å². The van der Waals surface area contributed by atoms with E-state index in [1.807, 2.05) is 30.7 Å². The molecule has 5 nitrogen and oxygen atoms in total. The van der Waals surface area contributed by atoms with E-state index in [2.05, 4.69) is 12.8 Å². The average molecular weight is 567 g/mol. The predicted octanol–water partition coefficient (Wildman–Crippen LogP) is 7.52. The number of halogens is 2. The molecule has 1 fully saturated rings. The molecular formula is C29H24ClFN2O3S2. The Bertz CT molecular complexity index is 1510. The largest absolute Gasteiger partial charge is 0.439 e. The number of rotatable bonds is 6. The van der Waals surface area contributed by atoms with Crippen LogP contribution in [0.5, 0.6) is 11.6 Å². The second kappa shape index (κ2) is 10.5. The van der Waals surface area contributed by atoms with E-state index >= 15 is 0 Å². The average Bonchev–Trinajstić information content (AvgIpc) is 3.44. The number of nitrogens with zero attached hydrogens (tertiary/aromatic N) is 2. The molecule has 2 atom stereocenters. The van der Waals surface area contributed by atoms with Crippen molar-refractivity contribution in [3.8, 4) is 11.6 Å². The smallest absolute Gasteiger partial charge is 0.248 e. The summed E-state index contributed by atoms with van der Waals surface area (Å²) in [6, 6.07) is 18.2. The van der Waals surface area contributed by atoms with E-state index in [9.17, 15) is 14.0 Å². The van der Waals surface area contributed by atoms with Crippen molar-refractivity contribution < 1.29 is 18.7 Å². The maximum absolute atomic E-state index is 13.9. The molecule has 0 radical (unpaired) electrons. The first-order valence-electron chi connectivity index (χ1n) is 12.0. The fraction of sp³-hybridized carbons (Fsp3) is 0.207. The highest BCUT2D eigenvalue weighted by Gasteiger charge is 2.53. The molecule has 2 aromatic heterocycles. The molecule has 4 aromatic rings. The van der Waals surface area contributed by atoms with Gasteiger partial charge in [-0.2, -0.15) is 11.3 Å². The van der Waals surface area contributed by atoms with Gasteiger partial charge in [0.1, 0.15) is 23.0 Å². The predicted molar refractivity (Wildman–Crippen MR) is 150 cm³/mol. The molecule has 1 amide bonds. The van der Waals surface area contributed by atoms with Gasteiger partial charge in [-0.3, -0.25) is 13.9 Å². The third-order valence-corrected chi connectivity index (χ3v) is 8.31. The van der Waals surface area contributed by atoms with Gasteiger partial charge in [-0.25, -0.2) is 9.37 Å². The lowest BCUT2D eigenvalue weighted by Gasteiger charge is -2.45. The number of pyridine rings is 1. The number of ether oxygens (including phenoxy) is 1. The van der Waals surface area contributed by atoms with Gasteiger partial charge in [0.25, 0.3) is 0 Å². The normalized spacial score (nSPS) is 19.7. The monoisotopic (exact) mass is 566 g/mol. The summed E-state index contributed by atoms with van der Waals surface area (Å²) in [5.41, 5.74) is 1.02. The zero-order valence-electron chi connectivity index (χ0n) is 20.6. The van der Waals surface area contributed by atoms with Gasteiger partial charge in [0.05, 0.1) is 5.69 Å². The Balaban J connectivity index is 1.59. The van der Waals surface area contributed by atoms with E-state index in [-0.39, 0.29) is 29.8 Å². The minimum absolute atomic E-state index is 0.0179. The second-order valence-electron chi connectivity index (χ2n) is 9.42. The van der Waals surface area contributed by atoms with Crippen LogP contribution >= 0.6 is 35.8 Å². The lowest BCUT2D eigenvalue weighted by atomic mass is 9.75. The standard InChI is InChI=1S/C29H24ClFN2O3S2/c1-17(2)21-14-19(31)10-11-24(21)36-26-9-5-8-25(32-26)29(18-12-13-38-16-18)15-23(34)27(28(35)33(29)37)20-6-3-4-7-22(20)30/h3-14,16-17,27,37H,15H2,1-2H3/t27?,29-/m0/s1. The van der Waals surface area contributed by atoms with Gasteiger partial charge >= 0.3 is 0 Å². The topological polar surface area (TPSA) is 59.5 Å². The SMILES string of the molecule is CC(C)c1cc(F)ccc1Oc1cccc([C@@]2(c3ccsc3)CC(=O)C(c3ccccc3Cl)C(=O)N2S)n1. The molecular weight excluding hydrogens is 543 g/mol. The van der Waals surface area contributed by atoms with Crippen LogP contribution in [0.4, 0.5) is 4.39 Å². The number of hydrogen-bond donors (Lipinski definition) is 1. The highest BCUT2D eigenvalue weighted by atomic mass is 35.5. The number of piperidine rings is 1. The molecule has 5 rings (SSSR count). The fourth-order valence-electron chi connectivity index (χ4n) is 4.84. The number of ketones is 1. The molecule has 0 bridgehead atoms. The molecule has 0 spiro atoms. The van der Waals surface area contributed by atoms with Crippen molar-refractivity contribution in [3.05, 3.63) is 111 Å². The number of benzene rings is 2. The second-order valence-corrected chi connectivity index (χ2v) is 11.0. The maximum Gasteiger partial charge on any atom is 0.248 e. The van der Waals surface area contributed by atoms with Gasteiger partial charge in [0.2, 0.25) is 11.8 Å². The van der Waals surface area contributed by atoms with Crippen LogP contribution < -0.4 is 4.74 Å². The van der Waals surface area contributed by atoms with Crippen LogP contribution in [0.15, 0.2) is 77.5 Å². The van der Waals surface area contributed by atoms with Crippen molar-refractivity contribution in [2.45, 2.75) is 37.6 Å². The first kappa shape index (κ1) is 26.4. The first-order valence-corrected chi connectivity index (χ1v) is 13.7. The molecule has 1 saturated heterocycles. The Kier molecular flexibility index (Phi) is 7.31. The van der Waals surface area contributed by atoms with Crippen molar-refractivity contribution >= 4 is 47.4 Å². The van der Waals surface area contributed by atoms with Gasteiger partial charge in [0, 0.05) is 23.1 Å². The summed E-state index contributed by atoms with van der Waals surface area (Å²) in [5, 5.41) is 4.10. The molecule has 0 saturated carbocycles. The fourth-order valence-corrected chi connectivity index (χ4v) is 6.21. The third kappa shape index (κ3) is 4.61. The Morgan fingerprint density at radius 1 is 1.13 bits per heavy atom. The molecule has 0 N–H and O–H groups in total. The quantitative estimate of drug-likeness (QED) is 0.194. The van der Waals surface area contributed by atoms with Crippen molar-refractivity contribution in [1.82, 2.24) is 9.29 Å². The van der Waals surface area contributed by atoms with Crippen LogP contribution in [0.3, 0.4) is 0 Å². The minimum atomic E-state index is -1.27. The van der Waals surface area contributed by atoms with E-state index in [0.29, 0.717) is 33.2 Å². The number of thiophene rings is 1. The molecule has 0 aliphatic carbocycles. The molecule has 1 aliphatic rings. The van der Waals surface area contributed by atoms with Crippen LogP contribution in [0.2, 0.25) is 5.02 Å². The van der Waals surface area contributed by atoms with Crippen molar-refractivity contribution in [1.29, 1.82) is 0 Å². The van der Waals surface area contributed by atoms with E-state index in [1.165, 1.54) is 27.8 Å². The third-order valence-electron chi connectivity index (χ3n) is 6.74. The van der Waals surface area contributed by atoms with Crippen LogP contribution in [-0.4, -0.2) is 21.0 Å². The Morgan fingerprint density at radius 2 is 1.92 bits per heavy atom. The number of aromatic nitrogens is 1. The van der Waals surface area contributed by atoms with Crippen LogP contribution in [0.25, 0.3) is 0 Å². The highest BCUT2D eigenvalue weighted by Crippen LogP contribution is 2.48. The van der Waals surface area contributed by atoms with Gasteiger partial charge in [0.15, 0.2) is 5.78 Å².